The highest BCUT2D eigenvalue weighted by molar-refractivity contribution is 5.75. The lowest BCUT2D eigenvalue weighted by Crippen LogP contribution is -2.25. The zero-order valence-corrected chi connectivity index (χ0v) is 11.4. The van der Waals surface area contributed by atoms with Crippen LogP contribution in [0.15, 0.2) is 0 Å². The number of carbonyl (C=O) groups is 1. The number of nitrogens with zero attached hydrogens (tertiary/aromatic N) is 1. The van der Waals surface area contributed by atoms with Gasteiger partial charge >= 0.3 is 0 Å². The third-order valence-corrected chi connectivity index (χ3v) is 3.14. The molecule has 0 saturated heterocycles. The Morgan fingerprint density at radius 2 is 1.38 bits per heavy atom. The van der Waals surface area contributed by atoms with Gasteiger partial charge in [0.05, 0.1) is 0 Å². The Hall–Kier alpha value is -0.530. The van der Waals surface area contributed by atoms with Crippen LogP contribution in [0.4, 0.5) is 0 Å². The first-order valence-electron chi connectivity index (χ1n) is 6.96. The Morgan fingerprint density at radius 1 is 0.875 bits per heavy atom. The maximum absolute atomic E-state index is 11.5. The second-order valence-corrected chi connectivity index (χ2v) is 4.63. The maximum Gasteiger partial charge on any atom is 0.222 e. The van der Waals surface area contributed by atoms with Crippen molar-refractivity contribution in [3.05, 3.63) is 0 Å². The van der Waals surface area contributed by atoms with Crippen LogP contribution in [0, 0.1) is 0 Å². The summed E-state index contributed by atoms with van der Waals surface area (Å²) in [5, 5.41) is 0. The molecule has 0 aromatic heterocycles. The average molecular weight is 227 g/mol. The van der Waals surface area contributed by atoms with Gasteiger partial charge in [-0.15, -0.1) is 0 Å². The van der Waals surface area contributed by atoms with Crippen LogP contribution in [0.3, 0.4) is 0 Å². The zero-order valence-electron chi connectivity index (χ0n) is 11.4. The van der Waals surface area contributed by atoms with Crippen molar-refractivity contribution in [1.29, 1.82) is 0 Å². The maximum atomic E-state index is 11.5. The van der Waals surface area contributed by atoms with Gasteiger partial charge in [-0.3, -0.25) is 4.79 Å². The van der Waals surface area contributed by atoms with Crippen molar-refractivity contribution in [2.24, 2.45) is 0 Å². The lowest BCUT2D eigenvalue weighted by Gasteiger charge is -2.13. The third kappa shape index (κ3) is 8.75. The van der Waals surface area contributed by atoms with Gasteiger partial charge in [-0.2, -0.15) is 0 Å². The van der Waals surface area contributed by atoms with Crippen LogP contribution in [0.5, 0.6) is 0 Å². The predicted octanol–water partition coefficient (Wildman–Crippen LogP) is 4.00. The Labute approximate surface area is 101 Å². The first-order chi connectivity index (χ1) is 7.72. The number of hydrogen-bond donors (Lipinski definition) is 0. The van der Waals surface area contributed by atoms with Gasteiger partial charge in [0.2, 0.25) is 5.91 Å². The highest BCUT2D eigenvalue weighted by Crippen LogP contribution is 2.09. The lowest BCUT2D eigenvalue weighted by atomic mass is 10.1. The predicted molar refractivity (Wildman–Crippen MR) is 70.5 cm³/mol. The highest BCUT2D eigenvalue weighted by Gasteiger charge is 2.04. The van der Waals surface area contributed by atoms with E-state index in [1.54, 1.807) is 4.90 Å². The molecule has 0 fully saturated rings. The zero-order chi connectivity index (χ0) is 12.2. The fraction of sp³-hybridized carbons (Fsp3) is 0.929. The van der Waals surface area contributed by atoms with Gasteiger partial charge in [-0.25, -0.2) is 0 Å². The summed E-state index contributed by atoms with van der Waals surface area (Å²) in [6.45, 7) is 5.09. The largest absolute Gasteiger partial charge is 0.346 e. The van der Waals surface area contributed by atoms with Crippen LogP contribution >= 0.6 is 0 Å². The monoisotopic (exact) mass is 227 g/mol. The Kier molecular flexibility index (Phi) is 10.6. The third-order valence-electron chi connectivity index (χ3n) is 3.14. The van der Waals surface area contributed by atoms with Crippen LogP contribution in [-0.4, -0.2) is 24.4 Å². The van der Waals surface area contributed by atoms with E-state index in [0.717, 1.165) is 19.4 Å². The normalized spacial score (nSPS) is 10.4. The van der Waals surface area contributed by atoms with Crippen molar-refractivity contribution in [2.45, 2.75) is 71.6 Å². The summed E-state index contributed by atoms with van der Waals surface area (Å²) in [4.78, 5) is 13.3. The minimum absolute atomic E-state index is 0.300. The standard InChI is InChI=1S/C14H29NO/c1-4-6-7-8-9-10-11-12-13-14(16)15(3)5-2/h4-13H2,1-3H3. The number of unbranched alkanes of at least 4 members (excludes halogenated alkanes) is 7. The summed E-state index contributed by atoms with van der Waals surface area (Å²) in [6.07, 6.45) is 11.1. The molecule has 2 heteroatoms. The average Bonchev–Trinajstić information content (AvgIpc) is 2.31. The molecule has 0 aliphatic heterocycles. The summed E-state index contributed by atoms with van der Waals surface area (Å²) in [5.41, 5.74) is 0. The van der Waals surface area contributed by atoms with Crippen molar-refractivity contribution in [3.63, 3.8) is 0 Å². The molecular formula is C14H29NO. The fourth-order valence-electron chi connectivity index (χ4n) is 1.78. The Balaban J connectivity index is 3.18. The minimum atomic E-state index is 0.300. The smallest absolute Gasteiger partial charge is 0.222 e. The quantitative estimate of drug-likeness (QED) is 0.517. The number of hydrogen-bond acceptors (Lipinski definition) is 1. The lowest BCUT2D eigenvalue weighted by molar-refractivity contribution is -0.129. The Morgan fingerprint density at radius 3 is 1.88 bits per heavy atom. The number of carbonyl (C=O) groups excluding carboxylic acids is 1. The van der Waals surface area contributed by atoms with Crippen molar-refractivity contribution < 1.29 is 4.79 Å². The van der Waals surface area contributed by atoms with Gasteiger partial charge in [0.25, 0.3) is 0 Å². The number of rotatable bonds is 10. The van der Waals surface area contributed by atoms with E-state index in [1.165, 1.54) is 44.9 Å². The van der Waals surface area contributed by atoms with Crippen LogP contribution in [-0.2, 0) is 4.79 Å². The Bertz CT molecular complexity index is 168. The molecule has 0 N–H and O–H groups in total. The molecule has 0 bridgehead atoms. The summed E-state index contributed by atoms with van der Waals surface area (Å²) in [7, 11) is 1.88. The summed E-state index contributed by atoms with van der Waals surface area (Å²) in [6, 6.07) is 0. The van der Waals surface area contributed by atoms with Gasteiger partial charge < -0.3 is 4.90 Å². The summed E-state index contributed by atoms with van der Waals surface area (Å²) in [5.74, 6) is 0.300. The molecule has 0 heterocycles. The number of amides is 1. The van der Waals surface area contributed by atoms with Crippen molar-refractivity contribution in [3.8, 4) is 0 Å². The van der Waals surface area contributed by atoms with E-state index in [-0.39, 0.29) is 0 Å². The molecule has 0 radical (unpaired) electrons. The molecule has 0 unspecified atom stereocenters. The second kappa shape index (κ2) is 11.0. The first-order valence-corrected chi connectivity index (χ1v) is 6.96. The van der Waals surface area contributed by atoms with E-state index < -0.39 is 0 Å². The summed E-state index contributed by atoms with van der Waals surface area (Å²) >= 11 is 0. The van der Waals surface area contributed by atoms with Gasteiger partial charge in [-0.05, 0) is 13.3 Å². The molecule has 2 nitrogen and oxygen atoms in total. The van der Waals surface area contributed by atoms with Crippen molar-refractivity contribution >= 4 is 5.91 Å². The molecular weight excluding hydrogens is 198 g/mol. The van der Waals surface area contributed by atoms with Gasteiger partial charge in [0.15, 0.2) is 0 Å². The van der Waals surface area contributed by atoms with Gasteiger partial charge in [-0.1, -0.05) is 51.9 Å². The molecule has 16 heavy (non-hydrogen) atoms. The topological polar surface area (TPSA) is 20.3 Å². The molecule has 0 rings (SSSR count). The van der Waals surface area contributed by atoms with Crippen LogP contribution in [0.2, 0.25) is 0 Å². The minimum Gasteiger partial charge on any atom is -0.346 e. The van der Waals surface area contributed by atoms with E-state index in [9.17, 15) is 4.79 Å². The molecule has 96 valence electrons. The van der Waals surface area contributed by atoms with Gasteiger partial charge in [0, 0.05) is 20.0 Å². The van der Waals surface area contributed by atoms with E-state index in [4.69, 9.17) is 0 Å². The first kappa shape index (κ1) is 15.5. The van der Waals surface area contributed by atoms with E-state index in [2.05, 4.69) is 6.92 Å². The molecule has 0 aliphatic carbocycles. The van der Waals surface area contributed by atoms with Crippen molar-refractivity contribution in [2.75, 3.05) is 13.6 Å². The molecule has 0 atom stereocenters. The molecule has 1 amide bonds. The van der Waals surface area contributed by atoms with Crippen LogP contribution < -0.4 is 0 Å². The summed E-state index contributed by atoms with van der Waals surface area (Å²) < 4.78 is 0. The van der Waals surface area contributed by atoms with E-state index in [0.29, 0.717) is 5.91 Å². The van der Waals surface area contributed by atoms with Gasteiger partial charge in [0.1, 0.15) is 0 Å². The molecule has 0 spiro atoms. The SMILES string of the molecule is CCCCCCCCCCC(=O)N(C)CC. The molecule has 0 aromatic carbocycles. The highest BCUT2D eigenvalue weighted by atomic mass is 16.2. The molecule has 0 aromatic rings. The van der Waals surface area contributed by atoms with Crippen LogP contribution in [0.1, 0.15) is 71.6 Å². The van der Waals surface area contributed by atoms with E-state index >= 15 is 0 Å². The van der Waals surface area contributed by atoms with Crippen molar-refractivity contribution in [1.82, 2.24) is 4.90 Å². The fourth-order valence-corrected chi connectivity index (χ4v) is 1.78. The second-order valence-electron chi connectivity index (χ2n) is 4.63. The van der Waals surface area contributed by atoms with Crippen LogP contribution in [0.25, 0.3) is 0 Å². The van der Waals surface area contributed by atoms with E-state index in [1.807, 2.05) is 14.0 Å². The molecule has 0 aliphatic rings. The molecule has 0 saturated carbocycles.